The summed E-state index contributed by atoms with van der Waals surface area (Å²) < 4.78 is 39.0. The predicted octanol–water partition coefficient (Wildman–Crippen LogP) is 3.80. The summed E-state index contributed by atoms with van der Waals surface area (Å²) in [5.41, 5.74) is 0.707. The molecule has 1 N–H and O–H groups in total. The Morgan fingerprint density at radius 1 is 1.17 bits per heavy atom. The molecule has 0 fully saturated rings. The van der Waals surface area contributed by atoms with Gasteiger partial charge in [-0.05, 0) is 36.4 Å². The molecule has 1 aliphatic heterocycles. The van der Waals surface area contributed by atoms with Gasteiger partial charge < -0.3 is 9.47 Å². The molecular formula is C16H15Cl2NO4S. The van der Waals surface area contributed by atoms with Gasteiger partial charge in [0, 0.05) is 22.0 Å². The molecule has 0 amide bonds. The fourth-order valence-electron chi connectivity index (χ4n) is 2.60. The van der Waals surface area contributed by atoms with E-state index in [4.69, 9.17) is 32.7 Å². The molecule has 0 bridgehead atoms. The SMILES string of the molecule is COc1ccc(Cl)cc1S(=O)(=O)NC1CCOc2ccc(Cl)cc21. The maximum absolute atomic E-state index is 12.8. The van der Waals surface area contributed by atoms with Crippen LogP contribution in [0.5, 0.6) is 11.5 Å². The van der Waals surface area contributed by atoms with Gasteiger partial charge in [0.05, 0.1) is 19.8 Å². The highest BCUT2D eigenvalue weighted by Gasteiger charge is 2.29. The molecule has 0 saturated carbocycles. The van der Waals surface area contributed by atoms with Crippen molar-refractivity contribution >= 4 is 33.2 Å². The molecule has 0 radical (unpaired) electrons. The highest BCUT2D eigenvalue weighted by atomic mass is 35.5. The first-order valence-electron chi connectivity index (χ1n) is 7.19. The summed E-state index contributed by atoms with van der Waals surface area (Å²) in [7, 11) is -2.43. The van der Waals surface area contributed by atoms with Crippen LogP contribution in [0.15, 0.2) is 41.3 Å². The average Bonchev–Trinajstić information content (AvgIpc) is 2.55. The van der Waals surface area contributed by atoms with Crippen LogP contribution >= 0.6 is 23.2 Å². The lowest BCUT2D eigenvalue weighted by molar-refractivity contribution is 0.263. The molecule has 0 saturated heterocycles. The van der Waals surface area contributed by atoms with Gasteiger partial charge in [0.25, 0.3) is 0 Å². The van der Waals surface area contributed by atoms with Gasteiger partial charge in [-0.2, -0.15) is 0 Å². The van der Waals surface area contributed by atoms with E-state index in [1.807, 2.05) is 0 Å². The summed E-state index contributed by atoms with van der Waals surface area (Å²) in [5.74, 6) is 0.849. The fraction of sp³-hybridized carbons (Fsp3) is 0.250. The van der Waals surface area contributed by atoms with E-state index in [2.05, 4.69) is 4.72 Å². The predicted molar refractivity (Wildman–Crippen MR) is 92.6 cm³/mol. The van der Waals surface area contributed by atoms with E-state index in [1.165, 1.54) is 19.2 Å². The quantitative estimate of drug-likeness (QED) is 0.865. The molecule has 128 valence electrons. The number of ether oxygens (including phenoxy) is 2. The monoisotopic (exact) mass is 387 g/mol. The highest BCUT2D eigenvalue weighted by molar-refractivity contribution is 7.89. The van der Waals surface area contributed by atoms with E-state index in [-0.39, 0.29) is 10.6 Å². The summed E-state index contributed by atoms with van der Waals surface area (Å²) in [6.07, 6.45) is 0.495. The minimum Gasteiger partial charge on any atom is -0.495 e. The lowest BCUT2D eigenvalue weighted by Crippen LogP contribution is -2.32. The Morgan fingerprint density at radius 2 is 1.88 bits per heavy atom. The molecule has 3 rings (SSSR count). The molecule has 0 aliphatic carbocycles. The summed E-state index contributed by atoms with van der Waals surface area (Å²) in [6.45, 7) is 0.411. The third kappa shape index (κ3) is 3.47. The molecule has 24 heavy (non-hydrogen) atoms. The third-order valence-electron chi connectivity index (χ3n) is 3.72. The Labute approximate surface area is 150 Å². The van der Waals surface area contributed by atoms with Crippen LogP contribution in [0, 0.1) is 0 Å². The van der Waals surface area contributed by atoms with Crippen LogP contribution < -0.4 is 14.2 Å². The molecule has 1 atom stereocenters. The van der Waals surface area contributed by atoms with Crippen LogP contribution in [0.4, 0.5) is 0 Å². The first kappa shape index (κ1) is 17.4. The summed E-state index contributed by atoms with van der Waals surface area (Å²) in [6, 6.07) is 9.16. The second-order valence-electron chi connectivity index (χ2n) is 5.29. The van der Waals surface area contributed by atoms with Gasteiger partial charge >= 0.3 is 0 Å². The van der Waals surface area contributed by atoms with E-state index >= 15 is 0 Å². The van der Waals surface area contributed by atoms with Crippen molar-refractivity contribution in [1.29, 1.82) is 0 Å². The van der Waals surface area contributed by atoms with Crippen LogP contribution in [0.1, 0.15) is 18.0 Å². The van der Waals surface area contributed by atoms with E-state index in [9.17, 15) is 8.42 Å². The zero-order valence-electron chi connectivity index (χ0n) is 12.8. The molecule has 0 aromatic heterocycles. The normalized spacial score (nSPS) is 17.0. The Bertz CT molecular complexity index is 870. The molecule has 5 nitrogen and oxygen atoms in total. The molecule has 1 heterocycles. The second kappa shape index (κ2) is 6.80. The smallest absolute Gasteiger partial charge is 0.244 e. The molecule has 2 aromatic rings. The van der Waals surface area contributed by atoms with Crippen LogP contribution in [0.3, 0.4) is 0 Å². The van der Waals surface area contributed by atoms with Crippen LogP contribution in [0.2, 0.25) is 10.0 Å². The van der Waals surface area contributed by atoms with Gasteiger partial charge in [0.1, 0.15) is 16.4 Å². The average molecular weight is 388 g/mol. The molecule has 1 unspecified atom stereocenters. The summed E-state index contributed by atoms with van der Waals surface area (Å²) in [5, 5.41) is 0.829. The van der Waals surface area contributed by atoms with E-state index in [1.54, 1.807) is 24.3 Å². The third-order valence-corrected chi connectivity index (χ3v) is 5.69. The Kier molecular flexibility index (Phi) is 4.92. The van der Waals surface area contributed by atoms with Gasteiger partial charge in [0.2, 0.25) is 10.0 Å². The molecule has 8 heteroatoms. The standard InChI is InChI=1S/C16H15Cl2NO4S/c1-22-15-5-3-11(18)9-16(15)24(20,21)19-13-6-7-23-14-4-2-10(17)8-12(13)14/h2-5,8-9,13,19H,6-7H2,1H3. The van der Waals surface area contributed by atoms with Crippen molar-refractivity contribution in [2.45, 2.75) is 17.4 Å². The van der Waals surface area contributed by atoms with Crippen molar-refractivity contribution in [3.8, 4) is 11.5 Å². The zero-order chi connectivity index (χ0) is 17.3. The molecule has 0 spiro atoms. The minimum atomic E-state index is -3.84. The van der Waals surface area contributed by atoms with Crippen molar-refractivity contribution < 1.29 is 17.9 Å². The first-order valence-corrected chi connectivity index (χ1v) is 9.43. The Hall–Kier alpha value is -1.47. The first-order chi connectivity index (χ1) is 11.4. The van der Waals surface area contributed by atoms with Gasteiger partial charge in [-0.15, -0.1) is 0 Å². The van der Waals surface area contributed by atoms with Crippen LogP contribution in [0.25, 0.3) is 0 Å². The Morgan fingerprint density at radius 3 is 2.62 bits per heavy atom. The van der Waals surface area contributed by atoms with Gasteiger partial charge in [-0.25, -0.2) is 13.1 Å². The zero-order valence-corrected chi connectivity index (χ0v) is 15.1. The molecular weight excluding hydrogens is 373 g/mol. The number of rotatable bonds is 4. The van der Waals surface area contributed by atoms with Crippen molar-refractivity contribution in [1.82, 2.24) is 4.72 Å². The Balaban J connectivity index is 1.97. The number of nitrogens with one attached hydrogen (secondary N) is 1. The van der Waals surface area contributed by atoms with Crippen molar-refractivity contribution in [2.75, 3.05) is 13.7 Å². The van der Waals surface area contributed by atoms with Crippen LogP contribution in [-0.4, -0.2) is 22.1 Å². The minimum absolute atomic E-state index is 0.00688. The highest BCUT2D eigenvalue weighted by Crippen LogP contribution is 2.36. The number of hydrogen-bond acceptors (Lipinski definition) is 4. The number of sulfonamides is 1. The molecule has 1 aliphatic rings. The van der Waals surface area contributed by atoms with Crippen molar-refractivity contribution in [2.24, 2.45) is 0 Å². The largest absolute Gasteiger partial charge is 0.495 e. The van der Waals surface area contributed by atoms with Gasteiger partial charge in [-0.3, -0.25) is 0 Å². The second-order valence-corrected chi connectivity index (χ2v) is 7.84. The number of fused-ring (bicyclic) bond motifs is 1. The summed E-state index contributed by atoms with van der Waals surface area (Å²) in [4.78, 5) is -0.00688. The van der Waals surface area contributed by atoms with E-state index in [0.29, 0.717) is 34.4 Å². The number of halogens is 2. The maximum atomic E-state index is 12.8. The number of hydrogen-bond donors (Lipinski definition) is 1. The topological polar surface area (TPSA) is 64.6 Å². The fourth-order valence-corrected chi connectivity index (χ4v) is 4.46. The lowest BCUT2D eigenvalue weighted by atomic mass is 10.0. The van der Waals surface area contributed by atoms with E-state index < -0.39 is 16.1 Å². The van der Waals surface area contributed by atoms with Gasteiger partial charge in [0.15, 0.2) is 0 Å². The lowest BCUT2D eigenvalue weighted by Gasteiger charge is -2.27. The number of benzene rings is 2. The van der Waals surface area contributed by atoms with E-state index in [0.717, 1.165) is 0 Å². The maximum Gasteiger partial charge on any atom is 0.244 e. The van der Waals surface area contributed by atoms with Gasteiger partial charge in [-0.1, -0.05) is 23.2 Å². The summed E-state index contributed by atoms with van der Waals surface area (Å²) >= 11 is 12.0. The van der Waals surface area contributed by atoms with Crippen molar-refractivity contribution in [3.63, 3.8) is 0 Å². The molecule has 2 aromatic carbocycles. The number of methoxy groups -OCH3 is 1. The van der Waals surface area contributed by atoms with Crippen molar-refractivity contribution in [3.05, 3.63) is 52.0 Å². The van der Waals surface area contributed by atoms with Crippen LogP contribution in [-0.2, 0) is 10.0 Å².